The van der Waals surface area contributed by atoms with Crippen molar-refractivity contribution in [2.75, 3.05) is 31.1 Å². The van der Waals surface area contributed by atoms with Gasteiger partial charge in [0.05, 0.1) is 15.7 Å². The molecule has 1 saturated heterocycles. The van der Waals surface area contributed by atoms with Gasteiger partial charge in [-0.3, -0.25) is 4.90 Å². The second-order valence-corrected chi connectivity index (χ2v) is 8.13. The number of anilines is 1. The summed E-state index contributed by atoms with van der Waals surface area (Å²) in [5, 5.41) is 0. The molecule has 1 aromatic carbocycles. The summed E-state index contributed by atoms with van der Waals surface area (Å²) in [6, 6.07) is 7.02. The predicted octanol–water partition coefficient (Wildman–Crippen LogP) is 4.67. The van der Waals surface area contributed by atoms with Crippen molar-refractivity contribution in [3.63, 3.8) is 0 Å². The van der Waals surface area contributed by atoms with Crippen LogP contribution in [0.4, 0.5) is 5.95 Å². The van der Waals surface area contributed by atoms with Crippen molar-refractivity contribution in [3.05, 3.63) is 41.7 Å². The Kier molecular flexibility index (Phi) is 7.04. The number of thiazole rings is 1. The molecule has 0 spiro atoms. The van der Waals surface area contributed by atoms with Gasteiger partial charge in [-0.15, -0.1) is 24.0 Å². The summed E-state index contributed by atoms with van der Waals surface area (Å²) in [5.74, 6) is 0.795. The second-order valence-electron chi connectivity index (χ2n) is 6.73. The number of thiol groups is 1. The molecule has 4 rings (SSSR count). The normalized spacial score (nSPS) is 16.1. The highest BCUT2D eigenvalue weighted by Crippen LogP contribution is 2.27. The number of rotatable bonds is 3. The van der Waals surface area contributed by atoms with E-state index in [4.69, 9.17) is 0 Å². The third-order valence-corrected chi connectivity index (χ3v) is 5.65. The van der Waals surface area contributed by atoms with Crippen molar-refractivity contribution >= 4 is 40.1 Å². The van der Waals surface area contributed by atoms with E-state index < -0.39 is 0 Å². The van der Waals surface area contributed by atoms with E-state index in [0.717, 1.165) is 42.5 Å². The van der Waals surface area contributed by atoms with Crippen molar-refractivity contribution in [1.82, 2.24) is 19.9 Å². The van der Waals surface area contributed by atoms with Crippen molar-refractivity contribution in [3.8, 4) is 0 Å². The van der Waals surface area contributed by atoms with Crippen LogP contribution in [0.15, 0.2) is 41.0 Å². The summed E-state index contributed by atoms with van der Waals surface area (Å²) in [6.45, 7) is 10.4. The van der Waals surface area contributed by atoms with Gasteiger partial charge in [-0.25, -0.2) is 15.0 Å². The van der Waals surface area contributed by atoms with Gasteiger partial charge in [0, 0.05) is 49.5 Å². The molecule has 1 unspecified atom stereocenters. The molecular weight excluding hydrogens is 374 g/mol. The molecule has 144 valence electrons. The molecule has 1 aliphatic rings. The van der Waals surface area contributed by atoms with Gasteiger partial charge in [0.1, 0.15) is 0 Å². The fraction of sp³-hybridized carbons (Fsp3) is 0.450. The van der Waals surface area contributed by atoms with Crippen molar-refractivity contribution in [2.45, 2.75) is 38.1 Å². The van der Waals surface area contributed by atoms with Crippen LogP contribution in [-0.2, 0) is 0 Å². The van der Waals surface area contributed by atoms with Crippen molar-refractivity contribution in [2.24, 2.45) is 0 Å². The van der Waals surface area contributed by atoms with Crippen LogP contribution in [0.5, 0.6) is 0 Å². The largest absolute Gasteiger partial charge is 0.338 e. The van der Waals surface area contributed by atoms with Crippen molar-refractivity contribution in [1.29, 1.82) is 0 Å². The van der Waals surface area contributed by atoms with Crippen LogP contribution >= 0.6 is 24.0 Å². The number of aromatic nitrogens is 3. The minimum atomic E-state index is 0.388. The van der Waals surface area contributed by atoms with Crippen LogP contribution in [0.2, 0.25) is 0 Å². The average molecular weight is 402 g/mol. The Morgan fingerprint density at radius 3 is 2.41 bits per heavy atom. The van der Waals surface area contributed by atoms with Gasteiger partial charge < -0.3 is 4.90 Å². The maximum absolute atomic E-state index is 4.43. The van der Waals surface area contributed by atoms with E-state index in [1.165, 1.54) is 16.7 Å². The van der Waals surface area contributed by atoms with Gasteiger partial charge in [0.2, 0.25) is 5.95 Å². The van der Waals surface area contributed by atoms with E-state index in [2.05, 4.69) is 76.4 Å². The van der Waals surface area contributed by atoms with Crippen LogP contribution < -0.4 is 4.90 Å². The maximum Gasteiger partial charge on any atom is 0.225 e. The molecule has 1 fully saturated rings. The smallest absolute Gasteiger partial charge is 0.225 e. The Balaban J connectivity index is 0.000000659. The fourth-order valence-corrected chi connectivity index (χ4v) is 3.91. The van der Waals surface area contributed by atoms with E-state index in [1.807, 2.05) is 5.51 Å². The highest BCUT2D eigenvalue weighted by atomic mass is 32.1. The molecule has 0 radical (unpaired) electrons. The SMILES string of the molecule is CC(c1ccc2scnc2c1)N1CCN(c2ncc(S)cn2)CC1.CCC. The van der Waals surface area contributed by atoms with E-state index in [9.17, 15) is 0 Å². The van der Waals surface area contributed by atoms with E-state index in [1.54, 1.807) is 23.7 Å². The molecule has 7 heteroatoms. The molecule has 0 amide bonds. The Morgan fingerprint density at radius 2 is 1.74 bits per heavy atom. The number of fused-ring (bicyclic) bond motifs is 1. The highest BCUT2D eigenvalue weighted by Gasteiger charge is 2.23. The zero-order valence-electron chi connectivity index (χ0n) is 16.2. The first-order valence-electron chi connectivity index (χ1n) is 9.45. The molecule has 3 aromatic rings. The molecule has 3 heterocycles. The number of hydrogen-bond acceptors (Lipinski definition) is 7. The summed E-state index contributed by atoms with van der Waals surface area (Å²) in [4.78, 5) is 18.7. The Labute approximate surface area is 170 Å². The van der Waals surface area contributed by atoms with Gasteiger partial charge >= 0.3 is 0 Å². The van der Waals surface area contributed by atoms with Crippen LogP contribution in [-0.4, -0.2) is 46.0 Å². The lowest BCUT2D eigenvalue weighted by Crippen LogP contribution is -2.47. The van der Waals surface area contributed by atoms with Crippen LogP contribution in [0.25, 0.3) is 10.2 Å². The number of piperazine rings is 1. The summed E-state index contributed by atoms with van der Waals surface area (Å²) in [7, 11) is 0. The average Bonchev–Trinajstić information content (AvgIpc) is 3.17. The fourth-order valence-electron chi connectivity index (χ4n) is 3.13. The molecular formula is C20H27N5S2. The molecule has 27 heavy (non-hydrogen) atoms. The van der Waals surface area contributed by atoms with E-state index >= 15 is 0 Å². The standard InChI is InChI=1S/C17H19N5S2.C3H8/c1-12(13-2-3-16-15(8-13)20-11-24-16)21-4-6-22(7-5-21)17-18-9-14(23)10-19-17;1-3-2/h2-3,8-12,23H,4-7H2,1H3;3H2,1-2H3. The first-order chi connectivity index (χ1) is 13.1. The van der Waals surface area contributed by atoms with Gasteiger partial charge in [0.25, 0.3) is 0 Å². The maximum atomic E-state index is 4.43. The quantitative estimate of drug-likeness (QED) is 0.646. The summed E-state index contributed by atoms with van der Waals surface area (Å²) >= 11 is 5.93. The van der Waals surface area contributed by atoms with Crippen LogP contribution in [0, 0.1) is 0 Å². The predicted molar refractivity (Wildman–Crippen MR) is 117 cm³/mol. The lowest BCUT2D eigenvalue weighted by Gasteiger charge is -2.38. The van der Waals surface area contributed by atoms with Crippen LogP contribution in [0.1, 0.15) is 38.8 Å². The van der Waals surface area contributed by atoms with Crippen LogP contribution in [0.3, 0.4) is 0 Å². The third-order valence-electron chi connectivity index (χ3n) is 4.61. The zero-order chi connectivity index (χ0) is 19.2. The summed E-state index contributed by atoms with van der Waals surface area (Å²) in [6.07, 6.45) is 4.76. The molecule has 0 N–H and O–H groups in total. The number of nitrogens with zero attached hydrogens (tertiary/aromatic N) is 5. The van der Waals surface area contributed by atoms with Gasteiger partial charge in [0.15, 0.2) is 0 Å². The highest BCUT2D eigenvalue weighted by molar-refractivity contribution is 7.80. The molecule has 1 atom stereocenters. The van der Waals surface area contributed by atoms with E-state index in [-0.39, 0.29) is 0 Å². The number of benzene rings is 1. The Bertz CT molecular complexity index is 841. The van der Waals surface area contributed by atoms with Gasteiger partial charge in [-0.2, -0.15) is 0 Å². The minimum absolute atomic E-state index is 0.388. The van der Waals surface area contributed by atoms with Gasteiger partial charge in [-0.05, 0) is 24.6 Å². The van der Waals surface area contributed by atoms with Gasteiger partial charge in [-0.1, -0.05) is 26.3 Å². The second kappa shape index (κ2) is 9.48. The molecule has 5 nitrogen and oxygen atoms in total. The zero-order valence-corrected chi connectivity index (χ0v) is 17.9. The minimum Gasteiger partial charge on any atom is -0.338 e. The van der Waals surface area contributed by atoms with E-state index in [0.29, 0.717) is 6.04 Å². The summed E-state index contributed by atoms with van der Waals surface area (Å²) < 4.78 is 1.25. The molecule has 0 saturated carbocycles. The first-order valence-corrected chi connectivity index (χ1v) is 10.8. The topological polar surface area (TPSA) is 45.2 Å². The Hall–Kier alpha value is -1.70. The third kappa shape index (κ3) is 4.97. The monoisotopic (exact) mass is 401 g/mol. The molecule has 2 aromatic heterocycles. The molecule has 1 aliphatic heterocycles. The van der Waals surface area contributed by atoms with Crippen molar-refractivity contribution < 1.29 is 0 Å². The number of hydrogen-bond donors (Lipinski definition) is 1. The summed E-state index contributed by atoms with van der Waals surface area (Å²) in [5.41, 5.74) is 4.34. The first kappa shape index (κ1) is 20.0. The Morgan fingerprint density at radius 1 is 1.07 bits per heavy atom. The molecule has 0 bridgehead atoms. The lowest BCUT2D eigenvalue weighted by molar-refractivity contribution is 0.198. The molecule has 0 aliphatic carbocycles. The lowest BCUT2D eigenvalue weighted by atomic mass is 10.1.